The van der Waals surface area contributed by atoms with Crippen LogP contribution in [0, 0.1) is 0 Å². The molecule has 7 heteroatoms. The highest BCUT2D eigenvalue weighted by Gasteiger charge is 2.17. The molecule has 0 aliphatic carbocycles. The van der Waals surface area contributed by atoms with Crippen LogP contribution in [0.15, 0.2) is 29.3 Å². The lowest BCUT2D eigenvalue weighted by molar-refractivity contribution is 0.152. The van der Waals surface area contributed by atoms with Crippen LogP contribution in [0.3, 0.4) is 0 Å². The number of likely N-dealkylation sites (N-methyl/N-ethyl adjacent to an activating group) is 1. The van der Waals surface area contributed by atoms with E-state index in [2.05, 4.69) is 63.7 Å². The van der Waals surface area contributed by atoms with Gasteiger partial charge in [0.2, 0.25) is 0 Å². The van der Waals surface area contributed by atoms with Crippen molar-refractivity contribution in [2.45, 2.75) is 51.7 Å². The molecule has 1 heterocycles. The van der Waals surface area contributed by atoms with Crippen LogP contribution >= 0.6 is 24.0 Å². The fourth-order valence-corrected chi connectivity index (χ4v) is 3.75. The number of rotatable bonds is 11. The Labute approximate surface area is 200 Å². The number of methoxy groups -OCH3 is 1. The Hall–Kier alpha value is -0.900. The summed E-state index contributed by atoms with van der Waals surface area (Å²) < 4.78 is 5.10. The van der Waals surface area contributed by atoms with E-state index in [1.807, 2.05) is 7.05 Å². The standard InChI is InChI=1S/C23H41N5O.HI/c1-20-8-5-6-15-28(20)19-22-11-9-21(10-12-22)18-26-23(24-2)25-13-16-27(3)14-7-17-29-4;/h9-12,20H,5-8,13-19H2,1-4H3,(H2,24,25,26);1H. The first kappa shape index (κ1) is 27.1. The van der Waals surface area contributed by atoms with Gasteiger partial charge in [0.1, 0.15) is 0 Å². The number of piperidine rings is 1. The summed E-state index contributed by atoms with van der Waals surface area (Å²) in [6, 6.07) is 9.70. The third kappa shape index (κ3) is 10.4. The summed E-state index contributed by atoms with van der Waals surface area (Å²) in [4.78, 5) is 9.24. The van der Waals surface area contributed by atoms with Crippen LogP contribution in [0.25, 0.3) is 0 Å². The third-order valence-corrected chi connectivity index (χ3v) is 5.71. The Kier molecular flexibility index (Phi) is 14.3. The zero-order valence-corrected chi connectivity index (χ0v) is 21.7. The number of benzene rings is 1. The lowest BCUT2D eigenvalue weighted by Gasteiger charge is -2.33. The lowest BCUT2D eigenvalue weighted by atomic mass is 10.0. The number of halogens is 1. The Morgan fingerprint density at radius 3 is 2.57 bits per heavy atom. The molecule has 0 bridgehead atoms. The third-order valence-electron chi connectivity index (χ3n) is 5.71. The fourth-order valence-electron chi connectivity index (χ4n) is 3.75. The summed E-state index contributed by atoms with van der Waals surface area (Å²) in [6.45, 7) is 9.15. The Balaban J connectivity index is 0.00000450. The van der Waals surface area contributed by atoms with Gasteiger partial charge in [-0.1, -0.05) is 30.7 Å². The SMILES string of the molecule is CN=C(NCCN(C)CCCOC)NCc1ccc(CN2CCCCC2C)cc1.I. The Morgan fingerprint density at radius 2 is 1.90 bits per heavy atom. The molecule has 1 fully saturated rings. The van der Waals surface area contributed by atoms with E-state index in [1.165, 1.54) is 36.9 Å². The minimum Gasteiger partial charge on any atom is -0.385 e. The molecule has 1 aliphatic rings. The summed E-state index contributed by atoms with van der Waals surface area (Å²) in [5.41, 5.74) is 2.68. The second kappa shape index (κ2) is 15.8. The first-order valence-corrected chi connectivity index (χ1v) is 11.1. The molecular weight excluding hydrogens is 489 g/mol. The minimum atomic E-state index is 0. The van der Waals surface area contributed by atoms with E-state index < -0.39 is 0 Å². The molecule has 1 unspecified atom stereocenters. The number of ether oxygens (including phenoxy) is 1. The molecule has 0 spiro atoms. The zero-order chi connectivity index (χ0) is 20.9. The van der Waals surface area contributed by atoms with Gasteiger partial charge in [0.15, 0.2) is 5.96 Å². The van der Waals surface area contributed by atoms with Crippen molar-refractivity contribution in [3.05, 3.63) is 35.4 Å². The Morgan fingerprint density at radius 1 is 1.17 bits per heavy atom. The lowest BCUT2D eigenvalue weighted by Crippen LogP contribution is -2.40. The van der Waals surface area contributed by atoms with Crippen LogP contribution in [-0.4, -0.2) is 75.8 Å². The maximum absolute atomic E-state index is 5.10. The van der Waals surface area contributed by atoms with E-state index in [9.17, 15) is 0 Å². The molecule has 1 saturated heterocycles. The zero-order valence-electron chi connectivity index (χ0n) is 19.3. The van der Waals surface area contributed by atoms with Crippen molar-refractivity contribution in [1.82, 2.24) is 20.4 Å². The van der Waals surface area contributed by atoms with Crippen molar-refractivity contribution in [3.63, 3.8) is 0 Å². The Bertz CT molecular complexity index is 596. The number of likely N-dealkylation sites (tertiary alicyclic amines) is 1. The van der Waals surface area contributed by atoms with E-state index in [-0.39, 0.29) is 24.0 Å². The molecule has 1 aromatic carbocycles. The molecule has 0 radical (unpaired) electrons. The summed E-state index contributed by atoms with van der Waals surface area (Å²) in [5.74, 6) is 0.849. The maximum Gasteiger partial charge on any atom is 0.191 e. The van der Waals surface area contributed by atoms with Gasteiger partial charge in [-0.25, -0.2) is 0 Å². The first-order valence-electron chi connectivity index (χ1n) is 11.1. The molecule has 1 aromatic rings. The van der Waals surface area contributed by atoms with Crippen LogP contribution in [0.1, 0.15) is 43.7 Å². The van der Waals surface area contributed by atoms with Crippen molar-refractivity contribution in [2.24, 2.45) is 4.99 Å². The van der Waals surface area contributed by atoms with Gasteiger partial charge in [0.05, 0.1) is 0 Å². The predicted molar refractivity (Wildman–Crippen MR) is 138 cm³/mol. The van der Waals surface area contributed by atoms with Crippen LogP contribution in [0.5, 0.6) is 0 Å². The number of hydrogen-bond donors (Lipinski definition) is 2. The number of guanidine groups is 1. The molecule has 172 valence electrons. The minimum absolute atomic E-state index is 0. The second-order valence-electron chi connectivity index (χ2n) is 8.13. The second-order valence-corrected chi connectivity index (χ2v) is 8.13. The van der Waals surface area contributed by atoms with Gasteiger partial charge >= 0.3 is 0 Å². The largest absolute Gasteiger partial charge is 0.385 e. The van der Waals surface area contributed by atoms with Gasteiger partial charge in [0.25, 0.3) is 0 Å². The van der Waals surface area contributed by atoms with Crippen molar-refractivity contribution >= 4 is 29.9 Å². The molecule has 6 nitrogen and oxygen atoms in total. The van der Waals surface area contributed by atoms with Crippen LogP contribution < -0.4 is 10.6 Å². The summed E-state index contributed by atoms with van der Waals surface area (Å²) >= 11 is 0. The molecular formula is C23H42IN5O. The molecule has 30 heavy (non-hydrogen) atoms. The summed E-state index contributed by atoms with van der Waals surface area (Å²) in [5, 5.41) is 6.80. The van der Waals surface area contributed by atoms with Crippen LogP contribution in [-0.2, 0) is 17.8 Å². The maximum atomic E-state index is 5.10. The monoisotopic (exact) mass is 531 g/mol. The highest BCUT2D eigenvalue weighted by molar-refractivity contribution is 14.0. The average Bonchev–Trinajstić information content (AvgIpc) is 2.73. The molecule has 2 N–H and O–H groups in total. The topological polar surface area (TPSA) is 52.1 Å². The quantitative estimate of drug-likeness (QED) is 0.199. The molecule has 2 rings (SSSR count). The normalized spacial score (nSPS) is 17.6. The molecule has 1 aliphatic heterocycles. The predicted octanol–water partition coefficient (Wildman–Crippen LogP) is 3.31. The van der Waals surface area contributed by atoms with Crippen molar-refractivity contribution in [3.8, 4) is 0 Å². The smallest absolute Gasteiger partial charge is 0.191 e. The van der Waals surface area contributed by atoms with E-state index in [4.69, 9.17) is 4.74 Å². The fraction of sp³-hybridized carbons (Fsp3) is 0.696. The van der Waals surface area contributed by atoms with Gasteiger partial charge in [0, 0.05) is 59.5 Å². The van der Waals surface area contributed by atoms with Gasteiger partial charge < -0.3 is 20.3 Å². The van der Waals surface area contributed by atoms with Gasteiger partial charge in [-0.3, -0.25) is 9.89 Å². The van der Waals surface area contributed by atoms with Crippen LogP contribution in [0.4, 0.5) is 0 Å². The van der Waals surface area contributed by atoms with Crippen molar-refractivity contribution < 1.29 is 4.74 Å². The highest BCUT2D eigenvalue weighted by Crippen LogP contribution is 2.19. The van der Waals surface area contributed by atoms with E-state index in [0.717, 1.165) is 51.7 Å². The first-order chi connectivity index (χ1) is 14.1. The van der Waals surface area contributed by atoms with E-state index in [1.54, 1.807) is 7.11 Å². The number of nitrogens with one attached hydrogen (secondary N) is 2. The molecule has 0 saturated carbocycles. The van der Waals surface area contributed by atoms with Crippen molar-refractivity contribution in [1.29, 1.82) is 0 Å². The number of aliphatic imine (C=N–C) groups is 1. The van der Waals surface area contributed by atoms with Gasteiger partial charge in [-0.2, -0.15) is 0 Å². The van der Waals surface area contributed by atoms with Gasteiger partial charge in [-0.15, -0.1) is 24.0 Å². The molecule has 0 aromatic heterocycles. The summed E-state index contributed by atoms with van der Waals surface area (Å²) in [7, 11) is 5.71. The molecule has 0 amide bonds. The summed E-state index contributed by atoms with van der Waals surface area (Å²) in [6.07, 6.45) is 5.10. The molecule has 1 atom stereocenters. The van der Waals surface area contributed by atoms with E-state index in [0.29, 0.717) is 6.04 Å². The number of nitrogens with zero attached hydrogens (tertiary/aromatic N) is 3. The average molecular weight is 532 g/mol. The van der Waals surface area contributed by atoms with E-state index >= 15 is 0 Å². The van der Waals surface area contributed by atoms with Crippen LogP contribution in [0.2, 0.25) is 0 Å². The van der Waals surface area contributed by atoms with Crippen molar-refractivity contribution in [2.75, 3.05) is 54.0 Å². The highest BCUT2D eigenvalue weighted by atomic mass is 127. The van der Waals surface area contributed by atoms with Gasteiger partial charge in [-0.05, 0) is 50.9 Å². The number of hydrogen-bond acceptors (Lipinski definition) is 4.